The lowest BCUT2D eigenvalue weighted by Crippen LogP contribution is -2.43. The molecule has 1 aliphatic heterocycles. The number of carbonyl (C=O) groups is 1. The third kappa shape index (κ3) is 4.01. The Kier molecular flexibility index (Phi) is 5.69. The van der Waals surface area contributed by atoms with E-state index in [9.17, 15) is 9.59 Å². The Balaban J connectivity index is 2.02. The fraction of sp³-hybridized carbons (Fsp3) is 0.450. The second kappa shape index (κ2) is 7.87. The van der Waals surface area contributed by atoms with Gasteiger partial charge in [-0.2, -0.15) is 0 Å². The normalized spacial score (nSPS) is 13.8. The van der Waals surface area contributed by atoms with Crippen molar-refractivity contribution in [3.05, 3.63) is 45.9 Å². The zero-order chi connectivity index (χ0) is 20.5. The summed E-state index contributed by atoms with van der Waals surface area (Å²) in [6.07, 6.45) is 1.92. The molecule has 0 saturated carbocycles. The molecule has 0 aliphatic carbocycles. The van der Waals surface area contributed by atoms with Gasteiger partial charge in [0.15, 0.2) is 5.16 Å². The molecule has 2 aromatic rings. The van der Waals surface area contributed by atoms with Crippen molar-refractivity contribution in [3.8, 4) is 11.4 Å². The monoisotopic (exact) mass is 403 g/mol. The van der Waals surface area contributed by atoms with Crippen molar-refractivity contribution in [2.45, 2.75) is 44.5 Å². The smallest absolute Gasteiger partial charge is 0.410 e. The quantitative estimate of drug-likeness (QED) is 0.579. The van der Waals surface area contributed by atoms with Crippen LogP contribution in [0.5, 0.6) is 5.75 Å². The topological polar surface area (TPSA) is 73.7 Å². The number of carbonyl (C=O) groups excluding carboxylic acids is 1. The van der Waals surface area contributed by atoms with E-state index in [4.69, 9.17) is 14.5 Å². The molecule has 0 fully saturated rings. The Bertz CT molecular complexity index is 949. The zero-order valence-corrected chi connectivity index (χ0v) is 17.6. The minimum absolute atomic E-state index is 0.123. The van der Waals surface area contributed by atoms with E-state index in [2.05, 4.69) is 0 Å². The number of para-hydroxylation sites is 2. The number of hydrogen-bond donors (Lipinski definition) is 0. The summed E-state index contributed by atoms with van der Waals surface area (Å²) in [7, 11) is 1.58. The minimum Gasteiger partial charge on any atom is -0.495 e. The van der Waals surface area contributed by atoms with Crippen molar-refractivity contribution >= 4 is 17.9 Å². The molecule has 0 unspecified atom stereocenters. The van der Waals surface area contributed by atoms with Crippen LogP contribution in [0, 0.1) is 0 Å². The van der Waals surface area contributed by atoms with Crippen molar-refractivity contribution in [3.63, 3.8) is 0 Å². The van der Waals surface area contributed by atoms with Crippen molar-refractivity contribution in [1.82, 2.24) is 14.5 Å². The molecule has 2 heterocycles. The third-order valence-electron chi connectivity index (χ3n) is 4.36. The highest BCUT2D eigenvalue weighted by Crippen LogP contribution is 2.27. The van der Waals surface area contributed by atoms with Crippen LogP contribution < -0.4 is 10.3 Å². The van der Waals surface area contributed by atoms with E-state index < -0.39 is 5.60 Å². The Morgan fingerprint density at radius 3 is 2.61 bits per heavy atom. The molecule has 0 bridgehead atoms. The third-order valence-corrected chi connectivity index (χ3v) is 5.00. The number of methoxy groups -OCH3 is 1. The van der Waals surface area contributed by atoms with Gasteiger partial charge >= 0.3 is 6.09 Å². The molecule has 8 heteroatoms. The predicted octanol–water partition coefficient (Wildman–Crippen LogP) is 3.26. The van der Waals surface area contributed by atoms with E-state index in [1.165, 1.54) is 11.8 Å². The molecule has 1 aliphatic rings. The SMILES string of the molecule is COc1ccccc1-n1c(SC)nc2c(c1=O)CCN(C(=O)OC(C)(C)C)C2. The van der Waals surface area contributed by atoms with Gasteiger partial charge in [0.05, 0.1) is 25.0 Å². The zero-order valence-electron chi connectivity index (χ0n) is 16.8. The van der Waals surface area contributed by atoms with Gasteiger partial charge in [-0.05, 0) is 45.6 Å². The van der Waals surface area contributed by atoms with Gasteiger partial charge in [0.25, 0.3) is 5.56 Å². The maximum atomic E-state index is 13.3. The number of rotatable bonds is 3. The molecule has 0 atom stereocenters. The minimum atomic E-state index is -0.567. The first-order valence-corrected chi connectivity index (χ1v) is 10.3. The molecule has 1 aromatic carbocycles. The molecule has 0 spiro atoms. The van der Waals surface area contributed by atoms with Gasteiger partial charge in [-0.15, -0.1) is 0 Å². The van der Waals surface area contributed by atoms with E-state index in [0.29, 0.717) is 40.8 Å². The molecule has 1 amide bonds. The van der Waals surface area contributed by atoms with Gasteiger partial charge < -0.3 is 14.4 Å². The second-order valence-electron chi connectivity index (χ2n) is 7.49. The maximum absolute atomic E-state index is 13.3. The van der Waals surface area contributed by atoms with E-state index in [1.807, 2.05) is 51.3 Å². The Morgan fingerprint density at radius 2 is 1.96 bits per heavy atom. The van der Waals surface area contributed by atoms with Crippen LogP contribution in [0.2, 0.25) is 0 Å². The Morgan fingerprint density at radius 1 is 1.25 bits per heavy atom. The lowest BCUT2D eigenvalue weighted by Gasteiger charge is -2.31. The lowest BCUT2D eigenvalue weighted by molar-refractivity contribution is 0.0219. The summed E-state index contributed by atoms with van der Waals surface area (Å²) in [5, 5.41) is 0.555. The van der Waals surface area contributed by atoms with Crippen LogP contribution in [0.25, 0.3) is 5.69 Å². The Hall–Kier alpha value is -2.48. The second-order valence-corrected chi connectivity index (χ2v) is 8.26. The first kappa shape index (κ1) is 20.3. The summed E-state index contributed by atoms with van der Waals surface area (Å²) < 4.78 is 12.5. The van der Waals surface area contributed by atoms with E-state index in [1.54, 1.807) is 16.6 Å². The number of fused-ring (bicyclic) bond motifs is 1. The molecule has 28 heavy (non-hydrogen) atoms. The molecule has 150 valence electrons. The summed E-state index contributed by atoms with van der Waals surface area (Å²) >= 11 is 1.38. The molecule has 0 saturated heterocycles. The van der Waals surface area contributed by atoms with Crippen LogP contribution in [0.3, 0.4) is 0 Å². The van der Waals surface area contributed by atoms with Crippen molar-refractivity contribution in [2.75, 3.05) is 19.9 Å². The number of thioether (sulfide) groups is 1. The van der Waals surface area contributed by atoms with E-state index in [0.717, 1.165) is 0 Å². The van der Waals surface area contributed by atoms with Crippen LogP contribution in [0.4, 0.5) is 4.79 Å². The van der Waals surface area contributed by atoms with Crippen molar-refractivity contribution < 1.29 is 14.3 Å². The van der Waals surface area contributed by atoms with Gasteiger partial charge in [-0.3, -0.25) is 9.36 Å². The van der Waals surface area contributed by atoms with Gasteiger partial charge in [0, 0.05) is 12.1 Å². The van der Waals surface area contributed by atoms with Crippen LogP contribution in [0.1, 0.15) is 32.0 Å². The van der Waals surface area contributed by atoms with Gasteiger partial charge in [-0.25, -0.2) is 9.78 Å². The molecular formula is C20H25N3O4S. The van der Waals surface area contributed by atoms with Gasteiger partial charge in [0.2, 0.25) is 0 Å². The van der Waals surface area contributed by atoms with Crippen molar-refractivity contribution in [2.24, 2.45) is 0 Å². The van der Waals surface area contributed by atoms with Crippen LogP contribution in [-0.4, -0.2) is 46.1 Å². The highest BCUT2D eigenvalue weighted by molar-refractivity contribution is 7.98. The lowest BCUT2D eigenvalue weighted by atomic mass is 10.1. The average molecular weight is 404 g/mol. The highest BCUT2D eigenvalue weighted by atomic mass is 32.2. The van der Waals surface area contributed by atoms with Gasteiger partial charge in [0.1, 0.15) is 11.4 Å². The molecule has 0 N–H and O–H groups in total. The first-order chi connectivity index (χ1) is 13.2. The molecule has 7 nitrogen and oxygen atoms in total. The van der Waals surface area contributed by atoms with Crippen LogP contribution in [0.15, 0.2) is 34.2 Å². The number of aromatic nitrogens is 2. The van der Waals surface area contributed by atoms with E-state index in [-0.39, 0.29) is 18.2 Å². The van der Waals surface area contributed by atoms with Gasteiger partial charge in [-0.1, -0.05) is 23.9 Å². The van der Waals surface area contributed by atoms with Crippen LogP contribution in [-0.2, 0) is 17.7 Å². The van der Waals surface area contributed by atoms with Crippen LogP contribution >= 0.6 is 11.8 Å². The summed E-state index contributed by atoms with van der Waals surface area (Å²) in [5.74, 6) is 0.604. The van der Waals surface area contributed by atoms with Crippen molar-refractivity contribution in [1.29, 1.82) is 0 Å². The highest BCUT2D eigenvalue weighted by Gasteiger charge is 2.29. The largest absolute Gasteiger partial charge is 0.495 e. The predicted molar refractivity (Wildman–Crippen MR) is 109 cm³/mol. The molecule has 0 radical (unpaired) electrons. The summed E-state index contributed by atoms with van der Waals surface area (Å²) in [4.78, 5) is 32.0. The number of amides is 1. The standard InChI is InChI=1S/C20H25N3O4S/c1-20(2,3)27-19(25)22-11-10-13-14(12-22)21-18(28-5)23(17(13)24)15-8-6-7-9-16(15)26-4/h6-9H,10-12H2,1-5H3. The molecule has 1 aromatic heterocycles. The fourth-order valence-electron chi connectivity index (χ4n) is 3.11. The Labute approximate surface area is 168 Å². The number of nitrogens with zero attached hydrogens (tertiary/aromatic N) is 3. The summed E-state index contributed by atoms with van der Waals surface area (Å²) in [6.45, 7) is 6.18. The molecular weight excluding hydrogens is 378 g/mol. The summed E-state index contributed by atoms with van der Waals surface area (Å²) in [5.41, 5.74) is 1.22. The number of hydrogen-bond acceptors (Lipinski definition) is 6. The number of ether oxygens (including phenoxy) is 2. The van der Waals surface area contributed by atoms with E-state index >= 15 is 0 Å². The molecule has 3 rings (SSSR count). The fourth-order valence-corrected chi connectivity index (χ4v) is 3.68. The first-order valence-electron chi connectivity index (χ1n) is 9.05. The average Bonchev–Trinajstić information content (AvgIpc) is 2.66. The summed E-state index contributed by atoms with van der Waals surface area (Å²) in [6, 6.07) is 7.37. The maximum Gasteiger partial charge on any atom is 0.410 e. The number of benzene rings is 1.